The number of benzene rings is 1. The first-order valence-electron chi connectivity index (χ1n) is 5.47. The first kappa shape index (κ1) is 13.9. The van der Waals surface area contributed by atoms with Gasteiger partial charge in [-0.05, 0) is 37.1 Å². The number of thioether (sulfide) groups is 1. The van der Waals surface area contributed by atoms with Gasteiger partial charge in [-0.1, -0.05) is 6.92 Å². The third-order valence-electron chi connectivity index (χ3n) is 2.82. The molecule has 1 unspecified atom stereocenters. The summed E-state index contributed by atoms with van der Waals surface area (Å²) in [5.41, 5.74) is 2.27. The average molecular weight is 254 g/mol. The number of rotatable bonds is 5. The van der Waals surface area contributed by atoms with E-state index in [0.717, 1.165) is 21.8 Å². The van der Waals surface area contributed by atoms with E-state index in [9.17, 15) is 4.79 Å². The van der Waals surface area contributed by atoms with E-state index in [1.165, 1.54) is 0 Å². The quantitative estimate of drug-likeness (QED) is 0.820. The van der Waals surface area contributed by atoms with Gasteiger partial charge < -0.3 is 9.84 Å². The SMILES string of the molecule is COc1ccc(SCC(C)C(=O)O)c(C)c1C. The summed E-state index contributed by atoms with van der Waals surface area (Å²) in [5, 5.41) is 8.83. The van der Waals surface area contributed by atoms with Crippen LogP contribution in [-0.2, 0) is 4.79 Å². The van der Waals surface area contributed by atoms with Crippen molar-refractivity contribution in [3.63, 3.8) is 0 Å². The maximum absolute atomic E-state index is 10.7. The van der Waals surface area contributed by atoms with Gasteiger partial charge in [0.2, 0.25) is 0 Å². The van der Waals surface area contributed by atoms with Crippen molar-refractivity contribution in [2.45, 2.75) is 25.7 Å². The molecule has 17 heavy (non-hydrogen) atoms. The highest BCUT2D eigenvalue weighted by atomic mass is 32.2. The van der Waals surface area contributed by atoms with Crippen LogP contribution < -0.4 is 4.74 Å². The Morgan fingerprint density at radius 3 is 2.59 bits per heavy atom. The van der Waals surface area contributed by atoms with Crippen LogP contribution in [0, 0.1) is 19.8 Å². The second-order valence-electron chi connectivity index (χ2n) is 4.07. The number of hydrogen-bond donors (Lipinski definition) is 1. The van der Waals surface area contributed by atoms with Gasteiger partial charge in [0.1, 0.15) is 5.75 Å². The Morgan fingerprint density at radius 1 is 1.41 bits per heavy atom. The van der Waals surface area contributed by atoms with Crippen molar-refractivity contribution in [1.82, 2.24) is 0 Å². The number of aliphatic carboxylic acids is 1. The van der Waals surface area contributed by atoms with Gasteiger partial charge in [-0.2, -0.15) is 0 Å². The molecule has 0 aliphatic carbocycles. The van der Waals surface area contributed by atoms with Crippen LogP contribution in [0.2, 0.25) is 0 Å². The first-order valence-corrected chi connectivity index (χ1v) is 6.45. The van der Waals surface area contributed by atoms with Crippen molar-refractivity contribution < 1.29 is 14.6 Å². The second kappa shape index (κ2) is 5.96. The van der Waals surface area contributed by atoms with Crippen LogP contribution in [0.5, 0.6) is 5.75 Å². The lowest BCUT2D eigenvalue weighted by Gasteiger charge is -2.13. The van der Waals surface area contributed by atoms with Gasteiger partial charge in [0.25, 0.3) is 0 Å². The summed E-state index contributed by atoms with van der Waals surface area (Å²) in [6, 6.07) is 3.91. The minimum absolute atomic E-state index is 0.332. The highest BCUT2D eigenvalue weighted by Gasteiger charge is 2.13. The maximum atomic E-state index is 10.7. The Bertz CT molecular complexity index is 415. The lowest BCUT2D eigenvalue weighted by atomic mass is 10.1. The maximum Gasteiger partial charge on any atom is 0.307 e. The predicted octanol–water partition coefficient (Wildman–Crippen LogP) is 3.12. The largest absolute Gasteiger partial charge is 0.496 e. The molecule has 1 rings (SSSR count). The Hall–Kier alpha value is -1.16. The average Bonchev–Trinajstić information content (AvgIpc) is 2.30. The Morgan fingerprint density at radius 2 is 2.06 bits per heavy atom. The fourth-order valence-corrected chi connectivity index (χ4v) is 2.54. The van der Waals surface area contributed by atoms with E-state index >= 15 is 0 Å². The van der Waals surface area contributed by atoms with Gasteiger partial charge >= 0.3 is 5.97 Å². The Kier molecular flexibility index (Phi) is 4.87. The summed E-state index contributed by atoms with van der Waals surface area (Å²) in [7, 11) is 1.65. The molecule has 4 heteroatoms. The molecule has 1 aromatic carbocycles. The molecule has 0 fully saturated rings. The molecule has 0 spiro atoms. The van der Waals surface area contributed by atoms with E-state index in [1.807, 2.05) is 26.0 Å². The lowest BCUT2D eigenvalue weighted by molar-refractivity contribution is -0.140. The van der Waals surface area contributed by atoms with Crippen molar-refractivity contribution in [3.8, 4) is 5.75 Å². The third-order valence-corrected chi connectivity index (χ3v) is 4.24. The molecule has 94 valence electrons. The molecule has 0 saturated heterocycles. The molecule has 0 heterocycles. The summed E-state index contributed by atoms with van der Waals surface area (Å²) in [6.45, 7) is 5.77. The van der Waals surface area contributed by atoms with Crippen LogP contribution in [-0.4, -0.2) is 23.9 Å². The van der Waals surface area contributed by atoms with Gasteiger partial charge in [0, 0.05) is 10.6 Å². The number of carboxylic acid groups (broad SMARTS) is 1. The molecule has 0 amide bonds. The molecule has 0 radical (unpaired) electrons. The summed E-state index contributed by atoms with van der Waals surface area (Å²) < 4.78 is 5.24. The summed E-state index contributed by atoms with van der Waals surface area (Å²) in [5.74, 6) is 0.377. The molecule has 0 aliphatic rings. The summed E-state index contributed by atoms with van der Waals surface area (Å²) in [6.07, 6.45) is 0. The molecule has 0 saturated carbocycles. The van der Waals surface area contributed by atoms with Crippen molar-refractivity contribution in [3.05, 3.63) is 23.3 Å². The molecular weight excluding hydrogens is 236 g/mol. The van der Waals surface area contributed by atoms with Crippen molar-refractivity contribution in [2.75, 3.05) is 12.9 Å². The molecule has 0 aliphatic heterocycles. The molecule has 1 atom stereocenters. The standard InChI is InChI=1S/C13H18O3S/c1-8(13(14)15)7-17-12-6-5-11(16-4)9(2)10(12)3/h5-6,8H,7H2,1-4H3,(H,14,15). The number of carboxylic acids is 1. The number of carbonyl (C=O) groups is 1. The second-order valence-corrected chi connectivity index (χ2v) is 5.13. The van der Waals surface area contributed by atoms with Crippen LogP contribution >= 0.6 is 11.8 Å². The normalized spacial score (nSPS) is 12.2. The van der Waals surface area contributed by atoms with Crippen molar-refractivity contribution in [1.29, 1.82) is 0 Å². The summed E-state index contributed by atoms with van der Waals surface area (Å²) in [4.78, 5) is 11.9. The molecule has 1 N–H and O–H groups in total. The van der Waals surface area contributed by atoms with Crippen molar-refractivity contribution in [2.24, 2.45) is 5.92 Å². The van der Waals surface area contributed by atoms with E-state index in [-0.39, 0.29) is 5.92 Å². The Labute approximate surface area is 106 Å². The predicted molar refractivity (Wildman–Crippen MR) is 70.0 cm³/mol. The minimum Gasteiger partial charge on any atom is -0.496 e. The highest BCUT2D eigenvalue weighted by molar-refractivity contribution is 7.99. The van der Waals surface area contributed by atoms with E-state index in [1.54, 1.807) is 25.8 Å². The topological polar surface area (TPSA) is 46.5 Å². The van der Waals surface area contributed by atoms with E-state index in [4.69, 9.17) is 9.84 Å². The number of methoxy groups -OCH3 is 1. The Balaban J connectivity index is 2.79. The lowest BCUT2D eigenvalue weighted by Crippen LogP contribution is -2.11. The van der Waals surface area contributed by atoms with Gasteiger partial charge in [-0.25, -0.2) is 0 Å². The molecule has 1 aromatic rings. The van der Waals surface area contributed by atoms with Crippen LogP contribution in [0.25, 0.3) is 0 Å². The number of hydrogen-bond acceptors (Lipinski definition) is 3. The summed E-state index contributed by atoms with van der Waals surface area (Å²) >= 11 is 1.58. The minimum atomic E-state index is -0.750. The van der Waals surface area contributed by atoms with E-state index < -0.39 is 5.97 Å². The molecule has 0 aromatic heterocycles. The van der Waals surface area contributed by atoms with Crippen LogP contribution in [0.4, 0.5) is 0 Å². The van der Waals surface area contributed by atoms with Crippen molar-refractivity contribution >= 4 is 17.7 Å². The zero-order chi connectivity index (χ0) is 13.0. The third kappa shape index (κ3) is 3.40. The molecule has 0 bridgehead atoms. The zero-order valence-corrected chi connectivity index (χ0v) is 11.4. The molecular formula is C13H18O3S. The number of ether oxygens (including phenoxy) is 1. The monoisotopic (exact) mass is 254 g/mol. The first-order chi connectivity index (χ1) is 7.97. The molecule has 3 nitrogen and oxygen atoms in total. The van der Waals surface area contributed by atoms with E-state index in [2.05, 4.69) is 0 Å². The fourth-order valence-electron chi connectivity index (χ4n) is 1.43. The van der Waals surface area contributed by atoms with Gasteiger partial charge in [0.15, 0.2) is 0 Å². The van der Waals surface area contributed by atoms with Gasteiger partial charge in [0.05, 0.1) is 13.0 Å². The highest BCUT2D eigenvalue weighted by Crippen LogP contribution is 2.31. The fraction of sp³-hybridized carbons (Fsp3) is 0.462. The zero-order valence-electron chi connectivity index (χ0n) is 10.6. The van der Waals surface area contributed by atoms with Crippen LogP contribution in [0.1, 0.15) is 18.1 Å². The van der Waals surface area contributed by atoms with Gasteiger partial charge in [-0.3, -0.25) is 4.79 Å². The van der Waals surface area contributed by atoms with Gasteiger partial charge in [-0.15, -0.1) is 11.8 Å². The van der Waals surface area contributed by atoms with E-state index in [0.29, 0.717) is 5.75 Å². The van der Waals surface area contributed by atoms with Crippen LogP contribution in [0.15, 0.2) is 17.0 Å². The van der Waals surface area contributed by atoms with Crippen LogP contribution in [0.3, 0.4) is 0 Å². The smallest absolute Gasteiger partial charge is 0.307 e.